The van der Waals surface area contributed by atoms with Crippen LogP contribution in [0.3, 0.4) is 0 Å². The Morgan fingerprint density at radius 2 is 1.75 bits per heavy atom. The molecule has 1 aliphatic heterocycles. The van der Waals surface area contributed by atoms with Crippen LogP contribution in [0.5, 0.6) is 0 Å². The average Bonchev–Trinajstić information content (AvgIpc) is 2.99. The first-order chi connectivity index (χ1) is 15.2. The van der Waals surface area contributed by atoms with Gasteiger partial charge in [-0.3, -0.25) is 14.5 Å². The monoisotopic (exact) mass is 437 g/mol. The quantitative estimate of drug-likeness (QED) is 0.597. The SMILES string of the molecule is CC(NC(=O)CN1C(=O)NC(C)(c2ccc3ccccc3c2)C1=O)c1ccc(F)c(F)c1. The predicted molar refractivity (Wildman–Crippen MR) is 114 cm³/mol. The van der Waals surface area contributed by atoms with Gasteiger partial charge < -0.3 is 10.6 Å². The molecule has 0 spiro atoms. The summed E-state index contributed by atoms with van der Waals surface area (Å²) in [5.41, 5.74) is -0.351. The highest BCUT2D eigenvalue weighted by atomic mass is 19.2. The molecule has 3 aromatic carbocycles. The molecule has 1 aliphatic rings. The van der Waals surface area contributed by atoms with Gasteiger partial charge in [0.2, 0.25) is 5.91 Å². The van der Waals surface area contributed by atoms with Gasteiger partial charge in [-0.05, 0) is 53.9 Å². The minimum absolute atomic E-state index is 0.357. The molecule has 8 heteroatoms. The molecule has 0 aromatic heterocycles. The highest BCUT2D eigenvalue weighted by Crippen LogP contribution is 2.31. The van der Waals surface area contributed by atoms with Crippen molar-refractivity contribution < 1.29 is 23.2 Å². The zero-order valence-corrected chi connectivity index (χ0v) is 17.5. The van der Waals surface area contributed by atoms with Crippen LogP contribution in [0.25, 0.3) is 10.8 Å². The lowest BCUT2D eigenvalue weighted by Crippen LogP contribution is -2.43. The molecule has 4 amide bonds. The zero-order valence-electron chi connectivity index (χ0n) is 17.5. The largest absolute Gasteiger partial charge is 0.348 e. The molecule has 2 unspecified atom stereocenters. The molecule has 32 heavy (non-hydrogen) atoms. The van der Waals surface area contributed by atoms with Crippen molar-refractivity contribution in [2.45, 2.75) is 25.4 Å². The van der Waals surface area contributed by atoms with Crippen LogP contribution in [0.15, 0.2) is 60.7 Å². The second-order valence-corrected chi connectivity index (χ2v) is 7.97. The normalized spacial score (nSPS) is 19.2. The molecule has 2 N–H and O–H groups in total. The van der Waals surface area contributed by atoms with Crippen LogP contribution >= 0.6 is 0 Å². The fourth-order valence-corrected chi connectivity index (χ4v) is 3.83. The molecule has 6 nitrogen and oxygen atoms in total. The molecule has 4 rings (SSSR count). The fraction of sp³-hybridized carbons (Fsp3) is 0.208. The highest BCUT2D eigenvalue weighted by molar-refractivity contribution is 6.09. The molecular weight excluding hydrogens is 416 g/mol. The number of benzene rings is 3. The molecule has 0 radical (unpaired) electrons. The number of nitrogens with zero attached hydrogens (tertiary/aromatic N) is 1. The predicted octanol–water partition coefficient (Wildman–Crippen LogP) is 3.76. The van der Waals surface area contributed by atoms with Gasteiger partial charge in [0.1, 0.15) is 12.1 Å². The third-order valence-corrected chi connectivity index (χ3v) is 5.72. The number of amides is 4. The second kappa shape index (κ2) is 8.03. The van der Waals surface area contributed by atoms with Crippen molar-refractivity contribution in [2.75, 3.05) is 6.54 Å². The maximum atomic E-state index is 13.5. The summed E-state index contributed by atoms with van der Waals surface area (Å²) in [4.78, 5) is 39.0. The van der Waals surface area contributed by atoms with Crippen molar-refractivity contribution in [3.8, 4) is 0 Å². The Morgan fingerprint density at radius 1 is 1.03 bits per heavy atom. The molecule has 2 atom stereocenters. The summed E-state index contributed by atoms with van der Waals surface area (Å²) in [6.45, 7) is 2.69. The summed E-state index contributed by atoms with van der Waals surface area (Å²) >= 11 is 0. The van der Waals surface area contributed by atoms with E-state index in [4.69, 9.17) is 0 Å². The van der Waals surface area contributed by atoms with Gasteiger partial charge >= 0.3 is 6.03 Å². The lowest BCUT2D eigenvalue weighted by atomic mass is 9.90. The molecule has 1 fully saturated rings. The van der Waals surface area contributed by atoms with Crippen molar-refractivity contribution >= 4 is 28.6 Å². The summed E-state index contributed by atoms with van der Waals surface area (Å²) in [6, 6.07) is 15.1. The van der Waals surface area contributed by atoms with E-state index in [2.05, 4.69) is 10.6 Å². The number of carbonyl (C=O) groups excluding carboxylic acids is 3. The van der Waals surface area contributed by atoms with E-state index in [1.807, 2.05) is 36.4 Å². The lowest BCUT2D eigenvalue weighted by molar-refractivity contribution is -0.135. The first-order valence-electron chi connectivity index (χ1n) is 10.1. The van der Waals surface area contributed by atoms with Crippen molar-refractivity contribution in [1.29, 1.82) is 0 Å². The number of carbonyl (C=O) groups is 3. The number of imide groups is 1. The molecule has 3 aromatic rings. The third kappa shape index (κ3) is 3.79. The summed E-state index contributed by atoms with van der Waals surface area (Å²) in [6.07, 6.45) is 0. The van der Waals surface area contributed by atoms with Gasteiger partial charge in [-0.15, -0.1) is 0 Å². The first-order valence-corrected chi connectivity index (χ1v) is 10.1. The van der Waals surface area contributed by atoms with E-state index in [1.165, 1.54) is 6.07 Å². The van der Waals surface area contributed by atoms with Gasteiger partial charge in [0.05, 0.1) is 6.04 Å². The van der Waals surface area contributed by atoms with Crippen LogP contribution in [0.1, 0.15) is 31.0 Å². The number of hydrogen-bond acceptors (Lipinski definition) is 3. The first kappa shape index (κ1) is 21.4. The topological polar surface area (TPSA) is 78.5 Å². The maximum Gasteiger partial charge on any atom is 0.325 e. The lowest BCUT2D eigenvalue weighted by Gasteiger charge is -2.23. The van der Waals surface area contributed by atoms with Crippen molar-refractivity contribution in [1.82, 2.24) is 15.5 Å². The van der Waals surface area contributed by atoms with Gasteiger partial charge in [0.25, 0.3) is 5.91 Å². The van der Waals surface area contributed by atoms with Crippen LogP contribution in [0.2, 0.25) is 0 Å². The van der Waals surface area contributed by atoms with E-state index in [1.54, 1.807) is 19.9 Å². The molecule has 164 valence electrons. The van der Waals surface area contributed by atoms with Gasteiger partial charge in [-0.1, -0.05) is 42.5 Å². The van der Waals surface area contributed by atoms with E-state index >= 15 is 0 Å². The highest BCUT2D eigenvalue weighted by Gasteiger charge is 2.49. The standard InChI is InChI=1S/C24H21F2N3O3/c1-14(16-8-10-19(25)20(26)12-16)27-21(30)13-29-22(31)24(2,28-23(29)32)18-9-7-15-5-3-4-6-17(15)11-18/h3-12,14H,13H2,1-2H3,(H,27,30)(H,28,32). The molecular formula is C24H21F2N3O3. The van der Waals surface area contributed by atoms with Gasteiger partial charge in [-0.2, -0.15) is 0 Å². The molecule has 1 saturated heterocycles. The smallest absolute Gasteiger partial charge is 0.325 e. The fourth-order valence-electron chi connectivity index (χ4n) is 3.83. The number of fused-ring (bicyclic) bond motifs is 1. The van der Waals surface area contributed by atoms with E-state index in [9.17, 15) is 23.2 Å². The summed E-state index contributed by atoms with van der Waals surface area (Å²) in [5.74, 6) is -3.16. The molecule has 0 aliphatic carbocycles. The van der Waals surface area contributed by atoms with E-state index in [0.717, 1.165) is 27.8 Å². The Kier molecular flexibility index (Phi) is 5.38. The number of rotatable bonds is 5. The summed E-state index contributed by atoms with van der Waals surface area (Å²) in [7, 11) is 0. The van der Waals surface area contributed by atoms with Gasteiger partial charge in [0.15, 0.2) is 11.6 Å². The number of urea groups is 1. The molecule has 0 bridgehead atoms. The van der Waals surface area contributed by atoms with Crippen LogP contribution in [-0.4, -0.2) is 29.3 Å². The Balaban J connectivity index is 1.49. The summed E-state index contributed by atoms with van der Waals surface area (Å²) < 4.78 is 26.6. The van der Waals surface area contributed by atoms with Crippen molar-refractivity contribution in [3.05, 3.63) is 83.4 Å². The number of halogens is 2. The van der Waals surface area contributed by atoms with Crippen LogP contribution in [-0.2, 0) is 15.1 Å². The van der Waals surface area contributed by atoms with Gasteiger partial charge in [0, 0.05) is 0 Å². The Bertz CT molecular complexity index is 1250. The van der Waals surface area contributed by atoms with E-state index < -0.39 is 47.6 Å². The Hall–Kier alpha value is -3.81. The minimum atomic E-state index is -1.31. The minimum Gasteiger partial charge on any atom is -0.348 e. The number of nitrogens with one attached hydrogen (secondary N) is 2. The second-order valence-electron chi connectivity index (χ2n) is 7.97. The molecule has 0 saturated carbocycles. The zero-order chi connectivity index (χ0) is 23.0. The van der Waals surface area contributed by atoms with E-state index in [-0.39, 0.29) is 0 Å². The Morgan fingerprint density at radius 3 is 2.47 bits per heavy atom. The number of hydrogen-bond donors (Lipinski definition) is 2. The van der Waals surface area contributed by atoms with Gasteiger partial charge in [-0.25, -0.2) is 13.6 Å². The van der Waals surface area contributed by atoms with Crippen LogP contribution < -0.4 is 10.6 Å². The van der Waals surface area contributed by atoms with Crippen molar-refractivity contribution in [3.63, 3.8) is 0 Å². The molecule has 1 heterocycles. The van der Waals surface area contributed by atoms with Crippen LogP contribution in [0, 0.1) is 11.6 Å². The summed E-state index contributed by atoms with van der Waals surface area (Å²) in [5, 5.41) is 7.20. The van der Waals surface area contributed by atoms with Crippen molar-refractivity contribution in [2.24, 2.45) is 0 Å². The third-order valence-electron chi connectivity index (χ3n) is 5.72. The van der Waals surface area contributed by atoms with E-state index in [0.29, 0.717) is 11.1 Å². The van der Waals surface area contributed by atoms with Crippen LogP contribution in [0.4, 0.5) is 13.6 Å². The Labute approximate surface area is 183 Å². The average molecular weight is 437 g/mol. The maximum absolute atomic E-state index is 13.5.